The van der Waals surface area contributed by atoms with Crippen LogP contribution in [0.3, 0.4) is 0 Å². The van der Waals surface area contributed by atoms with Gasteiger partial charge in [0.05, 0.1) is 6.61 Å². The summed E-state index contributed by atoms with van der Waals surface area (Å²) in [6, 6.07) is -0.907. The number of aliphatic carboxylic acids is 1. The highest BCUT2D eigenvalue weighted by Crippen LogP contribution is 2.52. The van der Waals surface area contributed by atoms with Gasteiger partial charge in [0, 0.05) is 12.8 Å². The molecule has 2 aliphatic rings. The molecule has 23 heavy (non-hydrogen) atoms. The SMILES string of the molecule is NCCCC[C@H](NC(=O)OCC1[C@H]2CCC#CCC[C@@H]12)C(=O)O. The number of nitrogens with two attached hydrogens (primary N) is 1. The smallest absolute Gasteiger partial charge is 0.407 e. The number of nitrogens with one attached hydrogen (secondary N) is 1. The van der Waals surface area contributed by atoms with Gasteiger partial charge in [0.2, 0.25) is 0 Å². The first-order valence-corrected chi connectivity index (χ1v) is 8.45. The molecule has 4 N–H and O–H groups in total. The van der Waals surface area contributed by atoms with Crippen LogP contribution < -0.4 is 11.1 Å². The predicted molar refractivity (Wildman–Crippen MR) is 85.5 cm³/mol. The summed E-state index contributed by atoms with van der Waals surface area (Å²) in [6.45, 7) is 0.890. The summed E-state index contributed by atoms with van der Waals surface area (Å²) in [5.41, 5.74) is 5.39. The Balaban J connectivity index is 1.69. The van der Waals surface area contributed by atoms with Gasteiger partial charge < -0.3 is 20.9 Å². The summed E-state index contributed by atoms with van der Waals surface area (Å²) in [4.78, 5) is 23.0. The molecule has 1 unspecified atom stereocenters. The minimum absolute atomic E-state index is 0.369. The van der Waals surface area contributed by atoms with Gasteiger partial charge in [-0.15, -0.1) is 11.8 Å². The van der Waals surface area contributed by atoms with Crippen molar-refractivity contribution in [1.29, 1.82) is 0 Å². The fourth-order valence-corrected chi connectivity index (χ4v) is 3.39. The van der Waals surface area contributed by atoms with E-state index < -0.39 is 18.1 Å². The molecule has 0 spiro atoms. The van der Waals surface area contributed by atoms with E-state index in [0.29, 0.717) is 43.7 Å². The van der Waals surface area contributed by atoms with Crippen LogP contribution in [-0.4, -0.2) is 36.4 Å². The normalized spacial score (nSPS) is 26.6. The molecule has 0 aromatic carbocycles. The standard InChI is InChI=1S/C17H26N2O4/c18-10-6-5-9-15(16(20)21)19-17(22)23-11-14-12-7-3-1-2-4-8-13(12)14/h12-15H,3-11,18H2,(H,19,22)(H,20,21)/t12-,13+,14?,15-/m0/s1. The Kier molecular flexibility index (Phi) is 6.72. The second kappa shape index (κ2) is 8.78. The molecule has 0 heterocycles. The van der Waals surface area contributed by atoms with E-state index in [-0.39, 0.29) is 0 Å². The highest BCUT2D eigenvalue weighted by Gasteiger charge is 2.49. The molecule has 0 aromatic rings. The van der Waals surface area contributed by atoms with E-state index >= 15 is 0 Å². The van der Waals surface area contributed by atoms with Crippen LogP contribution in [0.5, 0.6) is 0 Å². The first kappa shape index (κ1) is 17.6. The Morgan fingerprint density at radius 3 is 2.43 bits per heavy atom. The maximum atomic E-state index is 11.8. The average molecular weight is 322 g/mol. The van der Waals surface area contributed by atoms with Crippen molar-refractivity contribution in [2.75, 3.05) is 13.2 Å². The van der Waals surface area contributed by atoms with Crippen molar-refractivity contribution < 1.29 is 19.4 Å². The van der Waals surface area contributed by atoms with Gasteiger partial charge in [0.1, 0.15) is 6.04 Å². The van der Waals surface area contributed by atoms with Gasteiger partial charge in [-0.05, 0) is 56.4 Å². The zero-order chi connectivity index (χ0) is 16.7. The number of carboxylic acid groups (broad SMARTS) is 1. The molecule has 2 rings (SSSR count). The maximum Gasteiger partial charge on any atom is 0.407 e. The quantitative estimate of drug-likeness (QED) is 0.467. The summed E-state index contributed by atoms with van der Waals surface area (Å²) < 4.78 is 5.25. The van der Waals surface area contributed by atoms with Gasteiger partial charge in [-0.1, -0.05) is 0 Å². The first-order chi connectivity index (χ1) is 11.1. The predicted octanol–water partition coefficient (Wildman–Crippen LogP) is 1.73. The van der Waals surface area contributed by atoms with Crippen molar-refractivity contribution in [3.05, 3.63) is 0 Å². The Morgan fingerprint density at radius 1 is 1.22 bits per heavy atom. The van der Waals surface area contributed by atoms with Crippen LogP contribution in [0.2, 0.25) is 0 Å². The Labute approximate surface area is 137 Å². The lowest BCUT2D eigenvalue weighted by Crippen LogP contribution is -2.41. The molecule has 0 aliphatic heterocycles. The topological polar surface area (TPSA) is 102 Å². The first-order valence-electron chi connectivity index (χ1n) is 8.45. The van der Waals surface area contributed by atoms with Crippen LogP contribution in [0, 0.1) is 29.6 Å². The molecule has 1 fully saturated rings. The van der Waals surface area contributed by atoms with Crippen molar-refractivity contribution in [3.8, 4) is 11.8 Å². The number of alkyl carbamates (subject to hydrolysis) is 1. The van der Waals surface area contributed by atoms with Gasteiger partial charge in [-0.3, -0.25) is 0 Å². The number of carbonyl (C=O) groups is 2. The van der Waals surface area contributed by atoms with Crippen molar-refractivity contribution in [2.45, 2.75) is 51.0 Å². The highest BCUT2D eigenvalue weighted by molar-refractivity contribution is 5.79. The maximum absolute atomic E-state index is 11.8. The fraction of sp³-hybridized carbons (Fsp3) is 0.765. The van der Waals surface area contributed by atoms with Crippen molar-refractivity contribution >= 4 is 12.1 Å². The Hall–Kier alpha value is -1.74. The molecule has 0 bridgehead atoms. The molecule has 2 aliphatic carbocycles. The number of amides is 1. The fourth-order valence-electron chi connectivity index (χ4n) is 3.39. The van der Waals surface area contributed by atoms with E-state index in [0.717, 1.165) is 32.1 Å². The highest BCUT2D eigenvalue weighted by atomic mass is 16.5. The van der Waals surface area contributed by atoms with Crippen molar-refractivity contribution in [2.24, 2.45) is 23.5 Å². The minimum atomic E-state index is -1.04. The average Bonchev–Trinajstić information content (AvgIpc) is 3.13. The van der Waals surface area contributed by atoms with E-state index in [1.807, 2.05) is 0 Å². The molecular weight excluding hydrogens is 296 g/mol. The van der Waals surface area contributed by atoms with E-state index in [2.05, 4.69) is 17.2 Å². The zero-order valence-corrected chi connectivity index (χ0v) is 13.4. The van der Waals surface area contributed by atoms with Gasteiger partial charge in [0.15, 0.2) is 0 Å². The molecular formula is C17H26N2O4. The van der Waals surface area contributed by atoms with E-state index in [9.17, 15) is 9.59 Å². The molecule has 4 atom stereocenters. The van der Waals surface area contributed by atoms with Crippen LogP contribution in [0.25, 0.3) is 0 Å². The van der Waals surface area contributed by atoms with Gasteiger partial charge >= 0.3 is 12.1 Å². The Morgan fingerprint density at radius 2 is 1.87 bits per heavy atom. The molecule has 6 heteroatoms. The van der Waals surface area contributed by atoms with E-state index in [1.54, 1.807) is 0 Å². The lowest BCUT2D eigenvalue weighted by atomic mass is 10.1. The lowest BCUT2D eigenvalue weighted by molar-refractivity contribution is -0.139. The second-order valence-corrected chi connectivity index (χ2v) is 6.34. The number of unbranched alkanes of at least 4 members (excludes halogenated alkanes) is 1. The number of carboxylic acids is 1. The van der Waals surface area contributed by atoms with Gasteiger partial charge in [0.25, 0.3) is 0 Å². The third kappa shape index (κ3) is 5.43. The van der Waals surface area contributed by atoms with Crippen molar-refractivity contribution in [3.63, 3.8) is 0 Å². The number of ether oxygens (including phenoxy) is 1. The molecule has 1 amide bonds. The largest absolute Gasteiger partial charge is 0.480 e. The molecule has 6 nitrogen and oxygen atoms in total. The lowest BCUT2D eigenvalue weighted by Gasteiger charge is -2.14. The second-order valence-electron chi connectivity index (χ2n) is 6.34. The number of rotatable bonds is 8. The minimum Gasteiger partial charge on any atom is -0.480 e. The molecule has 0 aromatic heterocycles. The van der Waals surface area contributed by atoms with E-state index in [4.69, 9.17) is 15.6 Å². The molecule has 1 saturated carbocycles. The van der Waals surface area contributed by atoms with Crippen LogP contribution in [0.15, 0.2) is 0 Å². The van der Waals surface area contributed by atoms with Crippen LogP contribution in [0.4, 0.5) is 4.79 Å². The summed E-state index contributed by atoms with van der Waals surface area (Å²) in [7, 11) is 0. The third-order valence-electron chi connectivity index (χ3n) is 4.78. The number of hydrogen-bond acceptors (Lipinski definition) is 4. The number of hydrogen-bond donors (Lipinski definition) is 3. The van der Waals surface area contributed by atoms with Crippen LogP contribution in [-0.2, 0) is 9.53 Å². The van der Waals surface area contributed by atoms with E-state index in [1.165, 1.54) is 0 Å². The van der Waals surface area contributed by atoms with Gasteiger partial charge in [-0.2, -0.15) is 0 Å². The third-order valence-corrected chi connectivity index (χ3v) is 4.78. The van der Waals surface area contributed by atoms with Crippen LogP contribution in [0.1, 0.15) is 44.9 Å². The molecule has 0 saturated heterocycles. The molecule has 128 valence electrons. The Bertz CT molecular complexity index is 465. The number of carbonyl (C=O) groups excluding carboxylic acids is 1. The summed E-state index contributed by atoms with van der Waals surface area (Å²) in [5.74, 6) is 6.88. The van der Waals surface area contributed by atoms with Crippen LogP contribution >= 0.6 is 0 Å². The monoisotopic (exact) mass is 322 g/mol. The number of fused-ring (bicyclic) bond motifs is 1. The summed E-state index contributed by atoms with van der Waals surface area (Å²) in [6.07, 6.45) is 5.13. The summed E-state index contributed by atoms with van der Waals surface area (Å²) in [5, 5.41) is 11.6. The summed E-state index contributed by atoms with van der Waals surface area (Å²) >= 11 is 0. The molecule has 0 radical (unpaired) electrons. The zero-order valence-electron chi connectivity index (χ0n) is 13.4. The van der Waals surface area contributed by atoms with Crippen molar-refractivity contribution in [1.82, 2.24) is 5.32 Å². The van der Waals surface area contributed by atoms with Gasteiger partial charge in [-0.25, -0.2) is 9.59 Å².